The van der Waals surface area contributed by atoms with Gasteiger partial charge in [0.05, 0.1) is 18.2 Å². The number of aromatic nitrogens is 1. The Morgan fingerprint density at radius 1 is 1.69 bits per heavy atom. The molecular weight excluding hydrogens is 171 g/mol. The van der Waals surface area contributed by atoms with E-state index in [0.29, 0.717) is 5.56 Å². The van der Waals surface area contributed by atoms with Crippen LogP contribution in [0.3, 0.4) is 0 Å². The zero-order valence-corrected chi connectivity index (χ0v) is 6.87. The monoisotopic (exact) mass is 180 g/mol. The van der Waals surface area contributed by atoms with Gasteiger partial charge in [-0.2, -0.15) is 9.65 Å². The van der Waals surface area contributed by atoms with Gasteiger partial charge in [0, 0.05) is 12.2 Å². The fraction of sp³-hybridized carbons (Fsp3) is 0.250. The first-order chi connectivity index (χ1) is 6.15. The zero-order chi connectivity index (χ0) is 9.84. The van der Waals surface area contributed by atoms with Crippen molar-refractivity contribution in [2.75, 3.05) is 5.73 Å². The van der Waals surface area contributed by atoms with Gasteiger partial charge in [-0.25, -0.2) is 4.98 Å². The van der Waals surface area contributed by atoms with Crippen LogP contribution in [0.5, 0.6) is 0 Å². The maximum Gasteiger partial charge on any atom is 0.236 e. The third kappa shape index (κ3) is 2.13. The predicted molar refractivity (Wildman–Crippen MR) is 45.8 cm³/mol. The Bertz CT molecular complexity index is 344. The quantitative estimate of drug-likeness (QED) is 0.656. The Labute approximate surface area is 75.0 Å². The van der Waals surface area contributed by atoms with Gasteiger partial charge in [0.15, 0.2) is 0 Å². The number of nitrogens with two attached hydrogens (primary N) is 2. The van der Waals surface area contributed by atoms with Crippen molar-refractivity contribution in [1.29, 1.82) is 5.26 Å². The Balaban J connectivity index is 2.91. The van der Waals surface area contributed by atoms with Crippen LogP contribution < -0.4 is 11.5 Å². The SMILES string of the molecule is N#CC[C@@H](N)c1cnc(F)c(N)c1. The van der Waals surface area contributed by atoms with Crippen molar-refractivity contribution in [2.45, 2.75) is 12.5 Å². The van der Waals surface area contributed by atoms with E-state index in [4.69, 9.17) is 16.7 Å². The van der Waals surface area contributed by atoms with E-state index >= 15 is 0 Å². The molecule has 0 aliphatic heterocycles. The van der Waals surface area contributed by atoms with Gasteiger partial charge in [-0.1, -0.05) is 0 Å². The van der Waals surface area contributed by atoms with Crippen LogP contribution >= 0.6 is 0 Å². The van der Waals surface area contributed by atoms with Crippen molar-refractivity contribution < 1.29 is 4.39 Å². The lowest BCUT2D eigenvalue weighted by Crippen LogP contribution is -2.10. The van der Waals surface area contributed by atoms with Crippen LogP contribution in [-0.2, 0) is 0 Å². The molecule has 0 radical (unpaired) electrons. The van der Waals surface area contributed by atoms with E-state index in [1.165, 1.54) is 12.3 Å². The van der Waals surface area contributed by atoms with E-state index in [1.54, 1.807) is 0 Å². The van der Waals surface area contributed by atoms with E-state index < -0.39 is 12.0 Å². The van der Waals surface area contributed by atoms with Gasteiger partial charge in [-0.15, -0.1) is 0 Å². The molecule has 0 aliphatic carbocycles. The highest BCUT2D eigenvalue weighted by molar-refractivity contribution is 5.39. The minimum Gasteiger partial charge on any atom is -0.395 e. The summed E-state index contributed by atoms with van der Waals surface area (Å²) in [7, 11) is 0. The van der Waals surface area contributed by atoms with Crippen LogP contribution in [-0.4, -0.2) is 4.98 Å². The van der Waals surface area contributed by atoms with Crippen molar-refractivity contribution in [1.82, 2.24) is 4.98 Å². The summed E-state index contributed by atoms with van der Waals surface area (Å²) in [6, 6.07) is 2.85. The van der Waals surface area contributed by atoms with Gasteiger partial charge in [-0.3, -0.25) is 0 Å². The second-order valence-corrected chi connectivity index (χ2v) is 2.62. The summed E-state index contributed by atoms with van der Waals surface area (Å²) in [6.45, 7) is 0. The average molecular weight is 180 g/mol. The number of hydrogen-bond acceptors (Lipinski definition) is 4. The van der Waals surface area contributed by atoms with Crippen LogP contribution in [0.25, 0.3) is 0 Å². The van der Waals surface area contributed by atoms with E-state index in [-0.39, 0.29) is 12.1 Å². The Morgan fingerprint density at radius 3 is 2.92 bits per heavy atom. The van der Waals surface area contributed by atoms with E-state index in [0.717, 1.165) is 0 Å². The molecule has 1 aromatic rings. The van der Waals surface area contributed by atoms with E-state index in [1.807, 2.05) is 6.07 Å². The molecule has 1 atom stereocenters. The van der Waals surface area contributed by atoms with E-state index in [9.17, 15) is 4.39 Å². The van der Waals surface area contributed by atoms with Crippen LogP contribution in [0.4, 0.5) is 10.1 Å². The van der Waals surface area contributed by atoms with Gasteiger partial charge in [0.2, 0.25) is 5.95 Å². The first kappa shape index (κ1) is 9.42. The lowest BCUT2D eigenvalue weighted by Gasteiger charge is -2.07. The van der Waals surface area contributed by atoms with Gasteiger partial charge in [-0.05, 0) is 11.6 Å². The molecule has 13 heavy (non-hydrogen) atoms. The van der Waals surface area contributed by atoms with Gasteiger partial charge in [0.1, 0.15) is 0 Å². The van der Waals surface area contributed by atoms with Gasteiger partial charge < -0.3 is 11.5 Å². The number of pyridine rings is 1. The summed E-state index contributed by atoms with van der Waals surface area (Å²) >= 11 is 0. The molecule has 0 saturated heterocycles. The zero-order valence-electron chi connectivity index (χ0n) is 6.87. The van der Waals surface area contributed by atoms with Crippen molar-refractivity contribution in [3.8, 4) is 6.07 Å². The largest absolute Gasteiger partial charge is 0.395 e. The third-order valence-electron chi connectivity index (χ3n) is 1.63. The molecule has 0 unspecified atom stereocenters. The van der Waals surface area contributed by atoms with Crippen LogP contribution in [0.15, 0.2) is 12.3 Å². The number of nitriles is 1. The molecule has 4 nitrogen and oxygen atoms in total. The summed E-state index contributed by atoms with van der Waals surface area (Å²) in [6.07, 6.45) is 1.44. The third-order valence-corrected chi connectivity index (χ3v) is 1.63. The molecule has 4 N–H and O–H groups in total. The molecule has 5 heteroatoms. The first-order valence-electron chi connectivity index (χ1n) is 3.68. The summed E-state index contributed by atoms with van der Waals surface area (Å²) in [5.74, 6) is -0.715. The minimum atomic E-state index is -0.715. The highest BCUT2D eigenvalue weighted by atomic mass is 19.1. The number of nitrogen functional groups attached to an aromatic ring is 1. The molecule has 0 aliphatic rings. The van der Waals surface area contributed by atoms with Crippen molar-refractivity contribution in [3.05, 3.63) is 23.8 Å². The smallest absolute Gasteiger partial charge is 0.236 e. The normalized spacial score (nSPS) is 12.1. The molecule has 68 valence electrons. The maximum absolute atomic E-state index is 12.6. The standard InChI is InChI=1S/C8H9FN4/c9-8-7(12)3-5(4-13-8)6(11)1-2-10/h3-4,6H,1,11-12H2/t6-/m1/s1. The second-order valence-electron chi connectivity index (χ2n) is 2.62. The molecule has 0 saturated carbocycles. The lowest BCUT2D eigenvalue weighted by molar-refractivity contribution is 0.585. The molecule has 1 rings (SSSR count). The minimum absolute atomic E-state index is 0.0501. The molecule has 1 heterocycles. The highest BCUT2D eigenvalue weighted by Gasteiger charge is 2.08. The molecule has 0 aromatic carbocycles. The second kappa shape index (κ2) is 3.83. The number of halogens is 1. The van der Waals surface area contributed by atoms with Crippen molar-refractivity contribution in [3.63, 3.8) is 0 Å². The topological polar surface area (TPSA) is 88.7 Å². The fourth-order valence-electron chi connectivity index (χ4n) is 0.901. The predicted octanol–water partition coefficient (Wildman–Crippen LogP) is 0.716. The average Bonchev–Trinajstić information content (AvgIpc) is 2.10. The van der Waals surface area contributed by atoms with Crippen LogP contribution in [0.2, 0.25) is 0 Å². The maximum atomic E-state index is 12.6. The molecule has 1 aromatic heterocycles. The number of hydrogen-bond donors (Lipinski definition) is 2. The molecule has 0 amide bonds. The number of nitrogens with zero attached hydrogens (tertiary/aromatic N) is 2. The molecular formula is C8H9FN4. The summed E-state index contributed by atoms with van der Waals surface area (Å²) < 4.78 is 12.6. The molecule has 0 bridgehead atoms. The first-order valence-corrected chi connectivity index (χ1v) is 3.68. The van der Waals surface area contributed by atoms with Crippen molar-refractivity contribution >= 4 is 5.69 Å². The van der Waals surface area contributed by atoms with Crippen LogP contribution in [0, 0.1) is 17.3 Å². The van der Waals surface area contributed by atoms with E-state index in [2.05, 4.69) is 4.98 Å². The summed E-state index contributed by atoms with van der Waals surface area (Å²) in [4.78, 5) is 3.40. The Morgan fingerprint density at radius 2 is 2.38 bits per heavy atom. The van der Waals surface area contributed by atoms with Crippen molar-refractivity contribution in [2.24, 2.45) is 5.73 Å². The molecule has 0 fully saturated rings. The molecule has 0 spiro atoms. The van der Waals surface area contributed by atoms with Gasteiger partial charge in [0.25, 0.3) is 0 Å². The fourth-order valence-corrected chi connectivity index (χ4v) is 0.901. The Hall–Kier alpha value is -1.67. The Kier molecular flexibility index (Phi) is 2.77. The lowest BCUT2D eigenvalue weighted by atomic mass is 10.1. The van der Waals surface area contributed by atoms with Gasteiger partial charge >= 0.3 is 0 Å². The highest BCUT2D eigenvalue weighted by Crippen LogP contribution is 2.16. The number of anilines is 1. The van der Waals surface area contributed by atoms with Crippen LogP contribution in [0.1, 0.15) is 18.0 Å². The summed E-state index contributed by atoms with van der Waals surface area (Å²) in [5.41, 5.74) is 11.4. The number of rotatable bonds is 2. The summed E-state index contributed by atoms with van der Waals surface area (Å²) in [5, 5.41) is 8.37.